The number of carboxylic acid groups (broad SMARTS) is 1. The molecule has 3 rings (SSSR count). The third-order valence-corrected chi connectivity index (χ3v) is 3.26. The summed E-state index contributed by atoms with van der Waals surface area (Å²) in [5, 5.41) is 10.8. The summed E-state index contributed by atoms with van der Waals surface area (Å²) in [6.07, 6.45) is 4.46. The van der Waals surface area contributed by atoms with Gasteiger partial charge in [-0.3, -0.25) is 4.79 Å². The summed E-state index contributed by atoms with van der Waals surface area (Å²) < 4.78 is 5.89. The van der Waals surface area contributed by atoms with Crippen molar-refractivity contribution in [2.45, 2.75) is 12.8 Å². The lowest BCUT2D eigenvalue weighted by Crippen LogP contribution is -1.91. The number of carboxylic acids is 1. The lowest BCUT2D eigenvalue weighted by molar-refractivity contribution is -0.136. The number of aliphatic carboxylic acids is 1. The number of allylic oxidation sites excluding steroid dienone is 1. The molecule has 1 aromatic heterocycles. The molecular weight excluding hydrogens is 252 g/mol. The van der Waals surface area contributed by atoms with Gasteiger partial charge in [0.25, 0.3) is 0 Å². The quantitative estimate of drug-likeness (QED) is 0.758. The van der Waals surface area contributed by atoms with Crippen LogP contribution in [0.25, 0.3) is 28.0 Å². The van der Waals surface area contributed by atoms with Crippen LogP contribution in [0.2, 0.25) is 0 Å². The molecule has 0 aliphatic carbocycles. The zero-order valence-corrected chi connectivity index (χ0v) is 10.9. The highest BCUT2D eigenvalue weighted by Gasteiger charge is 2.08. The van der Waals surface area contributed by atoms with Crippen LogP contribution in [0.1, 0.15) is 18.4 Å². The number of hydrogen-bond donors (Lipinski definition) is 1. The molecule has 3 aromatic rings. The Morgan fingerprint density at radius 3 is 2.75 bits per heavy atom. The Kier molecular flexibility index (Phi) is 3.25. The van der Waals surface area contributed by atoms with Gasteiger partial charge in [0.15, 0.2) is 0 Å². The Balaban J connectivity index is 2.01. The molecule has 0 unspecified atom stereocenters. The van der Waals surface area contributed by atoms with Gasteiger partial charge in [-0.15, -0.1) is 0 Å². The highest BCUT2D eigenvalue weighted by atomic mass is 16.4. The minimum atomic E-state index is -0.781. The van der Waals surface area contributed by atoms with Crippen molar-refractivity contribution in [2.24, 2.45) is 0 Å². The van der Waals surface area contributed by atoms with Crippen molar-refractivity contribution in [3.8, 4) is 0 Å². The third kappa shape index (κ3) is 2.30. The van der Waals surface area contributed by atoms with Gasteiger partial charge in [-0.1, -0.05) is 48.6 Å². The van der Waals surface area contributed by atoms with Crippen LogP contribution in [0.15, 0.2) is 53.0 Å². The van der Waals surface area contributed by atoms with E-state index in [0.717, 1.165) is 27.5 Å². The first-order chi connectivity index (χ1) is 9.75. The van der Waals surface area contributed by atoms with E-state index >= 15 is 0 Å². The number of fused-ring (bicyclic) bond motifs is 3. The number of hydrogen-bond acceptors (Lipinski definition) is 2. The molecule has 0 saturated carbocycles. The molecule has 100 valence electrons. The third-order valence-electron chi connectivity index (χ3n) is 3.26. The van der Waals surface area contributed by atoms with E-state index in [2.05, 4.69) is 0 Å². The van der Waals surface area contributed by atoms with E-state index in [-0.39, 0.29) is 6.42 Å². The van der Waals surface area contributed by atoms with Crippen LogP contribution in [0.5, 0.6) is 0 Å². The SMILES string of the molecule is O=C(O)CC/C=C\c1cccc2c1oc1ccccc12. The highest BCUT2D eigenvalue weighted by Crippen LogP contribution is 2.31. The van der Waals surface area contributed by atoms with Crippen LogP contribution in [0.3, 0.4) is 0 Å². The monoisotopic (exact) mass is 266 g/mol. The van der Waals surface area contributed by atoms with Gasteiger partial charge in [-0.25, -0.2) is 0 Å². The molecule has 1 heterocycles. The number of para-hydroxylation sites is 2. The first-order valence-corrected chi connectivity index (χ1v) is 6.54. The zero-order valence-electron chi connectivity index (χ0n) is 10.9. The molecule has 3 heteroatoms. The average Bonchev–Trinajstić information content (AvgIpc) is 2.83. The van der Waals surface area contributed by atoms with E-state index in [1.54, 1.807) is 0 Å². The maximum Gasteiger partial charge on any atom is 0.303 e. The average molecular weight is 266 g/mol. The van der Waals surface area contributed by atoms with E-state index in [0.29, 0.717) is 6.42 Å². The maximum atomic E-state index is 10.5. The van der Waals surface area contributed by atoms with E-state index < -0.39 is 5.97 Å². The standard InChI is InChI=1S/C17H14O3/c18-16(19)11-4-1-6-12-7-5-9-14-13-8-2-3-10-15(13)20-17(12)14/h1-3,5-10H,4,11H2,(H,18,19)/b6-1-. The van der Waals surface area contributed by atoms with Crippen LogP contribution >= 0.6 is 0 Å². The predicted molar refractivity (Wildman–Crippen MR) is 79.6 cm³/mol. The highest BCUT2D eigenvalue weighted by molar-refractivity contribution is 6.07. The minimum Gasteiger partial charge on any atom is -0.481 e. The second kappa shape index (κ2) is 5.21. The van der Waals surface area contributed by atoms with Crippen molar-refractivity contribution in [1.82, 2.24) is 0 Å². The molecule has 3 nitrogen and oxygen atoms in total. The van der Waals surface area contributed by atoms with Gasteiger partial charge in [0.1, 0.15) is 11.2 Å². The van der Waals surface area contributed by atoms with Crippen molar-refractivity contribution in [1.29, 1.82) is 0 Å². The lowest BCUT2D eigenvalue weighted by atomic mass is 10.1. The summed E-state index contributed by atoms with van der Waals surface area (Å²) in [5.41, 5.74) is 2.69. The van der Waals surface area contributed by atoms with Gasteiger partial charge in [0, 0.05) is 22.8 Å². The molecule has 0 spiro atoms. The Morgan fingerprint density at radius 2 is 1.90 bits per heavy atom. The second-order valence-electron chi connectivity index (χ2n) is 4.66. The van der Waals surface area contributed by atoms with Crippen molar-refractivity contribution < 1.29 is 14.3 Å². The molecule has 20 heavy (non-hydrogen) atoms. The smallest absolute Gasteiger partial charge is 0.303 e. The van der Waals surface area contributed by atoms with Crippen molar-refractivity contribution in [3.05, 3.63) is 54.1 Å². The van der Waals surface area contributed by atoms with Crippen LogP contribution in [0.4, 0.5) is 0 Å². The van der Waals surface area contributed by atoms with Crippen LogP contribution in [-0.4, -0.2) is 11.1 Å². The molecular formula is C17H14O3. The Morgan fingerprint density at radius 1 is 1.10 bits per heavy atom. The zero-order chi connectivity index (χ0) is 13.9. The van der Waals surface area contributed by atoms with Gasteiger partial charge in [0.2, 0.25) is 0 Å². The number of carbonyl (C=O) groups is 1. The van der Waals surface area contributed by atoms with Gasteiger partial charge in [-0.05, 0) is 12.5 Å². The Hall–Kier alpha value is -2.55. The maximum absolute atomic E-state index is 10.5. The first-order valence-electron chi connectivity index (χ1n) is 6.54. The van der Waals surface area contributed by atoms with Gasteiger partial charge >= 0.3 is 5.97 Å². The van der Waals surface area contributed by atoms with E-state index in [4.69, 9.17) is 9.52 Å². The molecule has 1 N–H and O–H groups in total. The molecule has 0 bridgehead atoms. The second-order valence-corrected chi connectivity index (χ2v) is 4.66. The lowest BCUT2D eigenvalue weighted by Gasteiger charge is -1.95. The minimum absolute atomic E-state index is 0.145. The Bertz CT molecular complexity index is 796. The molecule has 0 radical (unpaired) electrons. The van der Waals surface area contributed by atoms with Crippen molar-refractivity contribution >= 4 is 34.0 Å². The van der Waals surface area contributed by atoms with E-state index in [1.807, 2.05) is 54.6 Å². The van der Waals surface area contributed by atoms with Gasteiger partial charge in [-0.2, -0.15) is 0 Å². The predicted octanol–water partition coefficient (Wildman–Crippen LogP) is 4.46. The first kappa shape index (κ1) is 12.5. The molecule has 2 aromatic carbocycles. The van der Waals surface area contributed by atoms with Crippen molar-refractivity contribution in [2.75, 3.05) is 0 Å². The molecule has 0 amide bonds. The number of rotatable bonds is 4. The summed E-state index contributed by atoms with van der Waals surface area (Å²) in [6, 6.07) is 13.9. The van der Waals surface area contributed by atoms with Crippen molar-refractivity contribution in [3.63, 3.8) is 0 Å². The molecule has 0 aliphatic rings. The van der Waals surface area contributed by atoms with E-state index in [9.17, 15) is 4.79 Å². The summed E-state index contributed by atoms with van der Waals surface area (Å²) in [5.74, 6) is -0.781. The van der Waals surface area contributed by atoms with Gasteiger partial charge in [0.05, 0.1) is 0 Å². The molecule has 0 saturated heterocycles. The molecule has 0 atom stereocenters. The largest absolute Gasteiger partial charge is 0.481 e. The summed E-state index contributed by atoms with van der Waals surface area (Å²) in [6.45, 7) is 0. The fourth-order valence-electron chi connectivity index (χ4n) is 2.32. The topological polar surface area (TPSA) is 50.4 Å². The normalized spacial score (nSPS) is 11.6. The fourth-order valence-corrected chi connectivity index (χ4v) is 2.32. The summed E-state index contributed by atoms with van der Waals surface area (Å²) in [7, 11) is 0. The Labute approximate surface area is 116 Å². The fraction of sp³-hybridized carbons (Fsp3) is 0.118. The summed E-state index contributed by atoms with van der Waals surface area (Å²) in [4.78, 5) is 10.5. The van der Waals surface area contributed by atoms with E-state index in [1.165, 1.54) is 0 Å². The molecule has 0 fully saturated rings. The van der Waals surface area contributed by atoms with Crippen LogP contribution < -0.4 is 0 Å². The van der Waals surface area contributed by atoms with Crippen LogP contribution in [-0.2, 0) is 4.79 Å². The summed E-state index contributed by atoms with van der Waals surface area (Å²) >= 11 is 0. The molecule has 0 aliphatic heterocycles. The number of benzene rings is 2. The number of furan rings is 1. The van der Waals surface area contributed by atoms with Gasteiger partial charge < -0.3 is 9.52 Å². The van der Waals surface area contributed by atoms with Crippen LogP contribution in [0, 0.1) is 0 Å².